The fourth-order valence-corrected chi connectivity index (χ4v) is 4.94. The van der Waals surface area contributed by atoms with Gasteiger partial charge in [-0.1, -0.05) is 72.8 Å². The van der Waals surface area contributed by atoms with Gasteiger partial charge in [-0.15, -0.1) is 0 Å². The molecule has 0 fully saturated rings. The van der Waals surface area contributed by atoms with Crippen molar-refractivity contribution >= 4 is 22.4 Å². The first kappa shape index (κ1) is 20.3. The van der Waals surface area contributed by atoms with E-state index in [1.807, 2.05) is 12.1 Å². The number of aromatic amines is 1. The van der Waals surface area contributed by atoms with E-state index in [0.717, 1.165) is 43.0 Å². The molecule has 32 heavy (non-hydrogen) atoms. The summed E-state index contributed by atoms with van der Waals surface area (Å²) in [6.45, 7) is 0. The molecule has 1 heterocycles. The molecule has 0 saturated carbocycles. The van der Waals surface area contributed by atoms with Crippen LogP contribution in [0.4, 0.5) is 0 Å². The van der Waals surface area contributed by atoms with Crippen molar-refractivity contribution in [2.45, 2.75) is 38.0 Å². The SMILES string of the molecule is O=C(O)c1ccc2c(C3=CCC(c4ccccc4)CC3)c(CCc3ccccc3)[nH]c2c1. The van der Waals surface area contributed by atoms with Crippen molar-refractivity contribution in [1.29, 1.82) is 0 Å². The monoisotopic (exact) mass is 421 g/mol. The summed E-state index contributed by atoms with van der Waals surface area (Å²) < 4.78 is 0. The van der Waals surface area contributed by atoms with Gasteiger partial charge in [-0.2, -0.15) is 0 Å². The van der Waals surface area contributed by atoms with Crippen molar-refractivity contribution in [3.8, 4) is 0 Å². The zero-order valence-corrected chi connectivity index (χ0v) is 18.1. The zero-order chi connectivity index (χ0) is 21.9. The maximum Gasteiger partial charge on any atom is 0.335 e. The number of aryl methyl sites for hydroxylation is 2. The van der Waals surface area contributed by atoms with E-state index < -0.39 is 5.97 Å². The van der Waals surface area contributed by atoms with E-state index in [0.29, 0.717) is 11.5 Å². The summed E-state index contributed by atoms with van der Waals surface area (Å²) in [5, 5.41) is 10.6. The Hall–Kier alpha value is -3.59. The van der Waals surface area contributed by atoms with Crippen molar-refractivity contribution in [2.75, 3.05) is 0 Å². The first-order valence-electron chi connectivity index (χ1n) is 11.3. The summed E-state index contributed by atoms with van der Waals surface area (Å²) in [6, 6.07) is 26.8. The van der Waals surface area contributed by atoms with E-state index in [9.17, 15) is 9.90 Å². The molecule has 1 atom stereocenters. The van der Waals surface area contributed by atoms with Crippen LogP contribution in [0.15, 0.2) is 84.9 Å². The number of H-pyrrole nitrogens is 1. The number of hydrogen-bond donors (Lipinski definition) is 2. The van der Waals surface area contributed by atoms with Crippen molar-refractivity contribution < 1.29 is 9.90 Å². The summed E-state index contributed by atoms with van der Waals surface area (Å²) in [7, 11) is 0. The number of carboxylic acids is 1. The lowest BCUT2D eigenvalue weighted by Gasteiger charge is -2.23. The summed E-state index contributed by atoms with van der Waals surface area (Å²) in [4.78, 5) is 15.1. The molecule has 2 N–H and O–H groups in total. The van der Waals surface area contributed by atoms with Crippen LogP contribution in [-0.2, 0) is 12.8 Å². The summed E-state index contributed by atoms with van der Waals surface area (Å²) in [5.41, 5.74) is 7.82. The van der Waals surface area contributed by atoms with Gasteiger partial charge in [-0.3, -0.25) is 0 Å². The highest BCUT2D eigenvalue weighted by molar-refractivity contribution is 5.99. The van der Waals surface area contributed by atoms with E-state index in [4.69, 9.17) is 0 Å². The van der Waals surface area contributed by atoms with Gasteiger partial charge in [0.15, 0.2) is 0 Å². The van der Waals surface area contributed by atoms with Gasteiger partial charge < -0.3 is 10.1 Å². The average Bonchev–Trinajstić information content (AvgIpc) is 3.21. The Kier molecular flexibility index (Phi) is 5.64. The third-order valence-electron chi connectivity index (χ3n) is 6.63. The lowest BCUT2D eigenvalue weighted by atomic mass is 9.82. The number of allylic oxidation sites excluding steroid dienone is 2. The highest BCUT2D eigenvalue weighted by Crippen LogP contribution is 2.40. The maximum atomic E-state index is 11.5. The van der Waals surface area contributed by atoms with Crippen molar-refractivity contribution in [2.24, 2.45) is 0 Å². The average molecular weight is 422 g/mol. The molecule has 1 aromatic heterocycles. The molecule has 0 amide bonds. The largest absolute Gasteiger partial charge is 0.478 e. The number of nitrogens with one attached hydrogen (secondary N) is 1. The molecule has 0 aliphatic heterocycles. The molecule has 1 unspecified atom stereocenters. The number of benzene rings is 3. The fraction of sp³-hybridized carbons (Fsp3) is 0.207. The third-order valence-corrected chi connectivity index (χ3v) is 6.63. The van der Waals surface area contributed by atoms with Gasteiger partial charge in [-0.05, 0) is 66.9 Å². The number of fused-ring (bicyclic) bond motifs is 1. The van der Waals surface area contributed by atoms with Crippen LogP contribution < -0.4 is 0 Å². The van der Waals surface area contributed by atoms with E-state index in [2.05, 4.69) is 65.7 Å². The molecule has 3 aromatic carbocycles. The normalized spacial score (nSPS) is 16.1. The Labute approximate surface area is 188 Å². The molecular weight excluding hydrogens is 394 g/mol. The van der Waals surface area contributed by atoms with Crippen LogP contribution in [-0.4, -0.2) is 16.1 Å². The molecule has 0 saturated heterocycles. The van der Waals surface area contributed by atoms with Crippen LogP contribution in [0.3, 0.4) is 0 Å². The van der Waals surface area contributed by atoms with E-state index >= 15 is 0 Å². The number of aromatic nitrogens is 1. The van der Waals surface area contributed by atoms with Crippen LogP contribution in [0.25, 0.3) is 16.5 Å². The van der Waals surface area contributed by atoms with Gasteiger partial charge in [0, 0.05) is 22.2 Å². The van der Waals surface area contributed by atoms with Crippen LogP contribution in [0.2, 0.25) is 0 Å². The minimum atomic E-state index is -0.892. The number of carboxylic acid groups (broad SMARTS) is 1. The minimum absolute atomic E-state index is 0.321. The standard InChI is InChI=1S/C29H27NO2/c31-29(32)24-16-17-25-27(19-24)30-26(18-11-20-7-3-1-4-8-20)28(25)23-14-12-22(13-15-23)21-9-5-2-6-10-21/h1-10,14,16-17,19,22,30H,11-13,15,18H2,(H,31,32). The molecular formula is C29H27NO2. The molecule has 160 valence electrons. The van der Waals surface area contributed by atoms with Gasteiger partial charge in [0.25, 0.3) is 0 Å². The number of hydrogen-bond acceptors (Lipinski definition) is 1. The smallest absolute Gasteiger partial charge is 0.335 e. The lowest BCUT2D eigenvalue weighted by Crippen LogP contribution is -2.05. The molecule has 0 bridgehead atoms. The molecule has 4 aromatic rings. The predicted octanol–water partition coefficient (Wildman–Crippen LogP) is 7.00. The van der Waals surface area contributed by atoms with E-state index in [1.54, 1.807) is 12.1 Å². The van der Waals surface area contributed by atoms with Gasteiger partial charge >= 0.3 is 5.97 Å². The number of aromatic carboxylic acids is 1. The zero-order valence-electron chi connectivity index (χ0n) is 18.1. The van der Waals surface area contributed by atoms with Crippen LogP contribution in [0.5, 0.6) is 0 Å². The summed E-state index contributed by atoms with van der Waals surface area (Å²) in [5.74, 6) is -0.326. The van der Waals surface area contributed by atoms with Crippen molar-refractivity contribution in [1.82, 2.24) is 4.98 Å². The highest BCUT2D eigenvalue weighted by Gasteiger charge is 2.22. The molecule has 3 heteroatoms. The second-order valence-corrected chi connectivity index (χ2v) is 8.64. The lowest BCUT2D eigenvalue weighted by molar-refractivity contribution is 0.0697. The van der Waals surface area contributed by atoms with Crippen LogP contribution in [0, 0.1) is 0 Å². The van der Waals surface area contributed by atoms with Crippen LogP contribution >= 0.6 is 0 Å². The maximum absolute atomic E-state index is 11.5. The van der Waals surface area contributed by atoms with Gasteiger partial charge in [0.05, 0.1) is 5.56 Å². The van der Waals surface area contributed by atoms with Crippen molar-refractivity contribution in [3.63, 3.8) is 0 Å². The molecule has 1 aliphatic carbocycles. The van der Waals surface area contributed by atoms with Crippen molar-refractivity contribution in [3.05, 3.63) is 113 Å². The quantitative estimate of drug-likeness (QED) is 0.352. The topological polar surface area (TPSA) is 53.1 Å². The van der Waals surface area contributed by atoms with Gasteiger partial charge in [0.1, 0.15) is 0 Å². The second-order valence-electron chi connectivity index (χ2n) is 8.64. The Morgan fingerprint density at radius 2 is 1.69 bits per heavy atom. The Morgan fingerprint density at radius 3 is 2.38 bits per heavy atom. The van der Waals surface area contributed by atoms with Gasteiger partial charge in [0.2, 0.25) is 0 Å². The molecule has 1 aliphatic rings. The summed E-state index contributed by atoms with van der Waals surface area (Å²) >= 11 is 0. The number of carbonyl (C=O) groups is 1. The van der Waals surface area contributed by atoms with E-state index in [-0.39, 0.29) is 0 Å². The minimum Gasteiger partial charge on any atom is -0.478 e. The highest BCUT2D eigenvalue weighted by atomic mass is 16.4. The predicted molar refractivity (Wildman–Crippen MR) is 130 cm³/mol. The Balaban J connectivity index is 1.49. The van der Waals surface area contributed by atoms with E-state index in [1.165, 1.54) is 28.0 Å². The van der Waals surface area contributed by atoms with Crippen LogP contribution in [0.1, 0.15) is 57.9 Å². The Morgan fingerprint density at radius 1 is 0.938 bits per heavy atom. The Bertz CT molecular complexity index is 1270. The third kappa shape index (κ3) is 4.11. The first-order valence-corrected chi connectivity index (χ1v) is 11.3. The fourth-order valence-electron chi connectivity index (χ4n) is 4.94. The summed E-state index contributed by atoms with van der Waals surface area (Å²) in [6.07, 6.45) is 7.46. The number of rotatable bonds is 6. The van der Waals surface area contributed by atoms with Gasteiger partial charge in [-0.25, -0.2) is 4.79 Å². The molecule has 5 rings (SSSR count). The second kappa shape index (κ2) is 8.88. The first-order chi connectivity index (χ1) is 15.7. The molecule has 3 nitrogen and oxygen atoms in total. The molecule has 0 spiro atoms. The molecule has 0 radical (unpaired) electrons.